The first kappa shape index (κ1) is 20.1. The van der Waals surface area contributed by atoms with Crippen LogP contribution in [0.4, 0.5) is 5.69 Å². The molecule has 9 nitrogen and oxygen atoms in total. The van der Waals surface area contributed by atoms with Crippen molar-refractivity contribution in [3.8, 4) is 11.5 Å². The molecular weight excluding hydrogens is 374 g/mol. The van der Waals surface area contributed by atoms with Gasteiger partial charge in [0.25, 0.3) is 5.91 Å². The van der Waals surface area contributed by atoms with Crippen molar-refractivity contribution in [3.05, 3.63) is 41.4 Å². The maximum absolute atomic E-state index is 12.2. The Morgan fingerprint density at radius 3 is 2.56 bits per heavy atom. The number of aromatic nitrogens is 2. The zero-order chi connectivity index (χ0) is 19.8. The molecule has 1 aromatic carbocycles. The Morgan fingerprint density at radius 2 is 1.93 bits per heavy atom. The summed E-state index contributed by atoms with van der Waals surface area (Å²) in [7, 11) is 2.93. The molecule has 0 aliphatic rings. The number of ether oxygens (including phenoxy) is 2. The number of hydrogen-bond donors (Lipinski definition) is 2. The molecule has 2 rings (SSSR count). The summed E-state index contributed by atoms with van der Waals surface area (Å²) < 4.78 is 10.3. The van der Waals surface area contributed by atoms with Crippen LogP contribution < -0.4 is 20.2 Å². The fourth-order valence-electron chi connectivity index (χ4n) is 2.04. The van der Waals surface area contributed by atoms with Crippen LogP contribution in [0.3, 0.4) is 0 Å². The number of hydrogen-bond acceptors (Lipinski definition) is 7. The van der Waals surface area contributed by atoms with E-state index in [1.54, 1.807) is 13.0 Å². The van der Waals surface area contributed by atoms with Gasteiger partial charge in [-0.2, -0.15) is 5.10 Å². The van der Waals surface area contributed by atoms with E-state index in [0.29, 0.717) is 27.9 Å². The van der Waals surface area contributed by atoms with Gasteiger partial charge in [-0.25, -0.2) is 10.4 Å². The third kappa shape index (κ3) is 5.65. The topological polar surface area (TPSA) is 115 Å². The maximum Gasteiger partial charge on any atom is 0.291 e. The van der Waals surface area contributed by atoms with Gasteiger partial charge in [-0.1, -0.05) is 11.6 Å². The molecule has 10 heteroatoms. The molecule has 27 heavy (non-hydrogen) atoms. The molecule has 0 fully saturated rings. The number of anilines is 1. The number of methoxy groups -OCH3 is 2. The first-order valence-corrected chi connectivity index (χ1v) is 8.13. The molecule has 1 aromatic heterocycles. The number of carbonyl (C=O) groups excluding carboxylic acids is 2. The number of amides is 2. The largest absolute Gasteiger partial charge is 0.495 e. The van der Waals surface area contributed by atoms with Gasteiger partial charge in [-0.3, -0.25) is 14.6 Å². The summed E-state index contributed by atoms with van der Waals surface area (Å²) in [5.74, 6) is -0.0891. The molecule has 142 valence electrons. The first-order chi connectivity index (χ1) is 12.9. The molecule has 0 aliphatic carbocycles. The Morgan fingerprint density at radius 1 is 1.19 bits per heavy atom. The van der Waals surface area contributed by atoms with Gasteiger partial charge in [0.2, 0.25) is 5.91 Å². The summed E-state index contributed by atoms with van der Waals surface area (Å²) >= 11 is 6.04. The minimum absolute atomic E-state index is 0.0468. The van der Waals surface area contributed by atoms with Gasteiger partial charge in [0.05, 0.1) is 37.5 Å². The maximum atomic E-state index is 12.2. The van der Waals surface area contributed by atoms with Gasteiger partial charge in [-0.15, -0.1) is 0 Å². The number of halogens is 1. The summed E-state index contributed by atoms with van der Waals surface area (Å²) in [6, 6.07) is 3.10. The number of nitrogens with one attached hydrogen (secondary N) is 2. The van der Waals surface area contributed by atoms with Crippen molar-refractivity contribution in [2.45, 2.75) is 13.3 Å². The average molecular weight is 392 g/mol. The van der Waals surface area contributed by atoms with Gasteiger partial charge in [0.1, 0.15) is 17.2 Å². The second-order valence-corrected chi connectivity index (χ2v) is 5.70. The fraction of sp³-hybridized carbons (Fsp3) is 0.235. The normalized spacial score (nSPS) is 10.9. The lowest BCUT2D eigenvalue weighted by molar-refractivity contribution is -0.115. The van der Waals surface area contributed by atoms with Crippen molar-refractivity contribution in [2.75, 3.05) is 19.5 Å². The summed E-state index contributed by atoms with van der Waals surface area (Å²) in [6.45, 7) is 1.61. The molecule has 0 atom stereocenters. The van der Waals surface area contributed by atoms with Crippen LogP contribution >= 0.6 is 11.6 Å². The van der Waals surface area contributed by atoms with E-state index in [0.717, 1.165) is 0 Å². The second-order valence-electron chi connectivity index (χ2n) is 5.29. The number of hydrazone groups is 1. The predicted molar refractivity (Wildman–Crippen MR) is 100 cm³/mol. The first-order valence-electron chi connectivity index (χ1n) is 7.75. The van der Waals surface area contributed by atoms with Crippen molar-refractivity contribution in [1.29, 1.82) is 0 Å². The Hall–Kier alpha value is -3.20. The molecule has 0 bridgehead atoms. The van der Waals surface area contributed by atoms with Gasteiger partial charge >= 0.3 is 0 Å². The van der Waals surface area contributed by atoms with E-state index in [1.165, 1.54) is 38.9 Å². The van der Waals surface area contributed by atoms with E-state index in [2.05, 4.69) is 25.8 Å². The van der Waals surface area contributed by atoms with Gasteiger partial charge in [0.15, 0.2) is 0 Å². The fourth-order valence-corrected chi connectivity index (χ4v) is 2.28. The molecule has 0 saturated carbocycles. The zero-order valence-corrected chi connectivity index (χ0v) is 15.7. The number of nitrogens with zero attached hydrogens (tertiary/aromatic N) is 3. The lowest BCUT2D eigenvalue weighted by Gasteiger charge is -2.13. The Balaban J connectivity index is 1.99. The lowest BCUT2D eigenvalue weighted by atomic mass is 10.2. The number of benzene rings is 1. The van der Waals surface area contributed by atoms with Crippen molar-refractivity contribution < 1.29 is 19.1 Å². The smallest absolute Gasteiger partial charge is 0.291 e. The van der Waals surface area contributed by atoms with Crippen LogP contribution in [0.1, 0.15) is 23.8 Å². The van der Waals surface area contributed by atoms with Crippen LogP contribution in [0.2, 0.25) is 5.02 Å². The van der Waals surface area contributed by atoms with Crippen LogP contribution in [0.5, 0.6) is 11.5 Å². The molecular formula is C17H18ClN5O4. The molecule has 0 radical (unpaired) electrons. The van der Waals surface area contributed by atoms with E-state index >= 15 is 0 Å². The Labute approximate surface area is 160 Å². The summed E-state index contributed by atoms with van der Waals surface area (Å²) in [6.07, 6.45) is 4.12. The van der Waals surface area contributed by atoms with Crippen LogP contribution in [0.15, 0.2) is 35.8 Å². The highest BCUT2D eigenvalue weighted by atomic mass is 35.5. The van der Waals surface area contributed by atoms with Crippen molar-refractivity contribution in [3.63, 3.8) is 0 Å². The molecule has 2 amide bonds. The highest BCUT2D eigenvalue weighted by Crippen LogP contribution is 2.35. The van der Waals surface area contributed by atoms with Crippen molar-refractivity contribution in [2.24, 2.45) is 5.10 Å². The standard InChI is InChI=1S/C17H18ClN5O4/c1-10(22-23-17(25)13-9-19-4-5-20-13)6-16(24)21-12-8-14(26-2)11(18)7-15(12)27-3/h4-5,7-9H,6H2,1-3H3,(H,21,24)(H,23,25). The molecule has 0 saturated heterocycles. The van der Waals surface area contributed by atoms with E-state index in [-0.39, 0.29) is 18.0 Å². The van der Waals surface area contributed by atoms with Crippen molar-refractivity contribution >= 4 is 34.8 Å². The second kappa shape index (κ2) is 9.48. The molecule has 2 N–H and O–H groups in total. The third-order valence-electron chi connectivity index (χ3n) is 3.31. The SMILES string of the molecule is COc1cc(NC(=O)CC(C)=NNC(=O)c2cnccn2)c(OC)cc1Cl. The van der Waals surface area contributed by atoms with Crippen LogP contribution in [-0.2, 0) is 4.79 Å². The summed E-state index contributed by atoms with van der Waals surface area (Å²) in [5.41, 5.74) is 3.24. The van der Waals surface area contributed by atoms with Gasteiger partial charge in [-0.05, 0) is 6.92 Å². The summed E-state index contributed by atoms with van der Waals surface area (Å²) in [4.78, 5) is 31.7. The molecule has 2 aromatic rings. The quantitative estimate of drug-likeness (QED) is 0.552. The molecule has 0 unspecified atom stereocenters. The zero-order valence-electron chi connectivity index (χ0n) is 14.9. The van der Waals surface area contributed by atoms with E-state index in [1.807, 2.05) is 0 Å². The Kier molecular flexibility index (Phi) is 7.07. The van der Waals surface area contributed by atoms with Gasteiger partial charge < -0.3 is 14.8 Å². The number of rotatable bonds is 7. The highest BCUT2D eigenvalue weighted by Gasteiger charge is 2.13. The Bertz CT molecular complexity index is 858. The minimum atomic E-state index is -0.521. The number of carbonyl (C=O) groups is 2. The average Bonchev–Trinajstić information content (AvgIpc) is 2.67. The van der Waals surface area contributed by atoms with Crippen LogP contribution in [0, 0.1) is 0 Å². The lowest BCUT2D eigenvalue weighted by Crippen LogP contribution is -2.22. The van der Waals surface area contributed by atoms with E-state index < -0.39 is 5.91 Å². The van der Waals surface area contributed by atoms with Crippen LogP contribution in [-0.4, -0.2) is 41.7 Å². The predicted octanol–water partition coefficient (Wildman–Crippen LogP) is 2.28. The third-order valence-corrected chi connectivity index (χ3v) is 3.60. The van der Waals surface area contributed by atoms with Crippen LogP contribution in [0.25, 0.3) is 0 Å². The molecule has 1 heterocycles. The monoisotopic (exact) mass is 391 g/mol. The highest BCUT2D eigenvalue weighted by molar-refractivity contribution is 6.32. The van der Waals surface area contributed by atoms with Crippen molar-refractivity contribution in [1.82, 2.24) is 15.4 Å². The van der Waals surface area contributed by atoms with E-state index in [4.69, 9.17) is 21.1 Å². The summed E-state index contributed by atoms with van der Waals surface area (Å²) in [5, 5.41) is 6.94. The molecule has 0 aliphatic heterocycles. The van der Waals surface area contributed by atoms with Gasteiger partial charge in [0, 0.05) is 30.2 Å². The van der Waals surface area contributed by atoms with E-state index in [9.17, 15) is 9.59 Å². The molecule has 0 spiro atoms. The minimum Gasteiger partial charge on any atom is -0.495 e.